The average molecular weight is 367 g/mol. The van der Waals surface area contributed by atoms with E-state index in [0.29, 0.717) is 11.8 Å². The van der Waals surface area contributed by atoms with Crippen LogP contribution in [0.25, 0.3) is 0 Å². The molecule has 0 aliphatic rings. The van der Waals surface area contributed by atoms with Crippen LogP contribution in [0.3, 0.4) is 0 Å². The lowest BCUT2D eigenvalue weighted by Gasteiger charge is -2.16. The fraction of sp³-hybridized carbons (Fsp3) is 0.188. The molecule has 0 bridgehead atoms. The Balaban J connectivity index is 2.47. The van der Waals surface area contributed by atoms with Crippen molar-refractivity contribution < 1.29 is 13.2 Å². The van der Waals surface area contributed by atoms with Crippen LogP contribution < -0.4 is 0 Å². The van der Waals surface area contributed by atoms with Gasteiger partial charge in [-0.1, -0.05) is 45.8 Å². The van der Waals surface area contributed by atoms with Crippen LogP contribution in [0.2, 0.25) is 0 Å². The first-order chi connectivity index (χ1) is 9.95. The maximum atomic E-state index is 12.7. The molecular formula is C16H15BrO3S. The molecule has 0 heterocycles. The van der Waals surface area contributed by atoms with Crippen molar-refractivity contribution in [1.82, 2.24) is 0 Å². The lowest BCUT2D eigenvalue weighted by molar-refractivity contribution is -0.107. The van der Waals surface area contributed by atoms with Crippen LogP contribution in [0.15, 0.2) is 57.9 Å². The molecule has 2 aromatic rings. The van der Waals surface area contributed by atoms with Gasteiger partial charge in [-0.3, -0.25) is 0 Å². The molecule has 0 aromatic heterocycles. The number of hydrogen-bond acceptors (Lipinski definition) is 3. The van der Waals surface area contributed by atoms with Crippen molar-refractivity contribution in [3.05, 3.63) is 64.1 Å². The van der Waals surface area contributed by atoms with Crippen LogP contribution in [0.5, 0.6) is 0 Å². The molecule has 3 nitrogen and oxygen atoms in total. The second-order valence-corrected chi connectivity index (χ2v) is 7.85. The van der Waals surface area contributed by atoms with Crippen molar-refractivity contribution in [3.63, 3.8) is 0 Å². The lowest BCUT2D eigenvalue weighted by Crippen LogP contribution is -2.14. The predicted molar refractivity (Wildman–Crippen MR) is 85.9 cm³/mol. The van der Waals surface area contributed by atoms with Crippen LogP contribution in [0.1, 0.15) is 22.8 Å². The van der Waals surface area contributed by atoms with E-state index in [9.17, 15) is 13.2 Å². The quantitative estimate of drug-likeness (QED) is 0.754. The molecule has 2 aromatic carbocycles. The van der Waals surface area contributed by atoms with E-state index in [1.807, 2.05) is 6.92 Å². The van der Waals surface area contributed by atoms with E-state index in [2.05, 4.69) is 15.9 Å². The number of hydrogen-bond donors (Lipinski definition) is 0. The van der Waals surface area contributed by atoms with Gasteiger partial charge in [0.15, 0.2) is 9.84 Å². The molecule has 0 aliphatic heterocycles. The zero-order valence-electron chi connectivity index (χ0n) is 11.5. The summed E-state index contributed by atoms with van der Waals surface area (Å²) in [6.07, 6.45) is 0.594. The highest BCUT2D eigenvalue weighted by molar-refractivity contribution is 9.10. The SMILES string of the molecule is Cc1ccc(S(=O)(=O)C(CC=O)c2ccc(Br)cc2)cc1. The Kier molecular flexibility index (Phi) is 4.96. The largest absolute Gasteiger partial charge is 0.303 e. The van der Waals surface area contributed by atoms with Gasteiger partial charge in [0.25, 0.3) is 0 Å². The third-order valence-electron chi connectivity index (χ3n) is 3.28. The Morgan fingerprint density at radius 3 is 2.14 bits per heavy atom. The molecule has 21 heavy (non-hydrogen) atoms. The monoisotopic (exact) mass is 366 g/mol. The number of aryl methyl sites for hydroxylation is 1. The smallest absolute Gasteiger partial charge is 0.185 e. The summed E-state index contributed by atoms with van der Waals surface area (Å²) in [6.45, 7) is 1.90. The molecule has 2 rings (SSSR count). The van der Waals surface area contributed by atoms with E-state index in [-0.39, 0.29) is 11.3 Å². The summed E-state index contributed by atoms with van der Waals surface area (Å²) in [6, 6.07) is 13.7. The van der Waals surface area contributed by atoms with Gasteiger partial charge in [0.05, 0.1) is 10.1 Å². The van der Waals surface area contributed by atoms with E-state index in [0.717, 1.165) is 10.0 Å². The molecule has 1 unspecified atom stereocenters. The standard InChI is InChI=1S/C16H15BrO3S/c1-12-2-8-15(9-3-12)21(19,20)16(10-11-18)13-4-6-14(17)7-5-13/h2-9,11,16H,10H2,1H3. The number of carbonyl (C=O) groups excluding carboxylic acids is 1. The minimum atomic E-state index is -3.59. The van der Waals surface area contributed by atoms with Crippen LogP contribution in [-0.2, 0) is 14.6 Å². The Hall–Kier alpha value is -1.46. The summed E-state index contributed by atoms with van der Waals surface area (Å²) >= 11 is 3.32. The number of sulfone groups is 1. The number of rotatable bonds is 5. The Labute approximate surface area is 133 Å². The fourth-order valence-electron chi connectivity index (χ4n) is 2.10. The lowest BCUT2D eigenvalue weighted by atomic mass is 10.1. The zero-order chi connectivity index (χ0) is 15.5. The highest BCUT2D eigenvalue weighted by Crippen LogP contribution is 2.32. The molecule has 110 valence electrons. The number of carbonyl (C=O) groups is 1. The van der Waals surface area contributed by atoms with Gasteiger partial charge in [0.2, 0.25) is 0 Å². The predicted octanol–water partition coefficient (Wildman–Crippen LogP) is 3.86. The minimum Gasteiger partial charge on any atom is -0.303 e. The van der Waals surface area contributed by atoms with Crippen molar-refractivity contribution >= 4 is 32.1 Å². The summed E-state index contributed by atoms with van der Waals surface area (Å²) in [5.41, 5.74) is 1.61. The molecule has 0 aliphatic carbocycles. The summed E-state index contributed by atoms with van der Waals surface area (Å²) in [7, 11) is -3.59. The summed E-state index contributed by atoms with van der Waals surface area (Å²) in [5.74, 6) is 0. The minimum absolute atomic E-state index is 0.0577. The van der Waals surface area contributed by atoms with E-state index in [4.69, 9.17) is 0 Å². The summed E-state index contributed by atoms with van der Waals surface area (Å²) in [5, 5.41) is -0.856. The third kappa shape index (κ3) is 3.60. The molecular weight excluding hydrogens is 352 g/mol. The first-order valence-corrected chi connectivity index (χ1v) is 8.79. The molecule has 1 atom stereocenters. The maximum Gasteiger partial charge on any atom is 0.185 e. The number of halogens is 1. The van der Waals surface area contributed by atoms with Gasteiger partial charge in [-0.25, -0.2) is 8.42 Å². The normalized spacial score (nSPS) is 12.9. The number of aldehydes is 1. The second-order valence-electron chi connectivity index (χ2n) is 4.80. The zero-order valence-corrected chi connectivity index (χ0v) is 13.9. The van der Waals surface area contributed by atoms with Gasteiger partial charge >= 0.3 is 0 Å². The van der Waals surface area contributed by atoms with Crippen molar-refractivity contribution in [2.45, 2.75) is 23.5 Å². The highest BCUT2D eigenvalue weighted by atomic mass is 79.9. The van der Waals surface area contributed by atoms with Crippen LogP contribution >= 0.6 is 15.9 Å². The van der Waals surface area contributed by atoms with Gasteiger partial charge < -0.3 is 4.79 Å². The maximum absolute atomic E-state index is 12.7. The molecule has 0 spiro atoms. The van der Waals surface area contributed by atoms with Gasteiger partial charge in [-0.15, -0.1) is 0 Å². The topological polar surface area (TPSA) is 51.2 Å². The first kappa shape index (κ1) is 15.9. The second kappa shape index (κ2) is 6.54. The molecule has 0 amide bonds. The van der Waals surface area contributed by atoms with E-state index >= 15 is 0 Å². The molecule has 0 radical (unpaired) electrons. The van der Waals surface area contributed by atoms with Crippen molar-refractivity contribution in [1.29, 1.82) is 0 Å². The van der Waals surface area contributed by atoms with E-state index < -0.39 is 15.1 Å². The summed E-state index contributed by atoms with van der Waals surface area (Å²) in [4.78, 5) is 11.2. The molecule has 0 saturated carbocycles. The number of benzene rings is 2. The van der Waals surface area contributed by atoms with Crippen molar-refractivity contribution in [2.24, 2.45) is 0 Å². The molecule has 0 fully saturated rings. The van der Waals surface area contributed by atoms with Gasteiger partial charge in [0.1, 0.15) is 6.29 Å². The van der Waals surface area contributed by atoms with Crippen LogP contribution in [-0.4, -0.2) is 14.7 Å². The highest BCUT2D eigenvalue weighted by Gasteiger charge is 2.28. The van der Waals surface area contributed by atoms with E-state index in [1.54, 1.807) is 48.5 Å². The fourth-order valence-corrected chi connectivity index (χ4v) is 4.05. The average Bonchev–Trinajstić information content (AvgIpc) is 2.46. The summed E-state index contributed by atoms with van der Waals surface area (Å²) < 4.78 is 26.4. The van der Waals surface area contributed by atoms with Gasteiger partial charge in [0, 0.05) is 10.9 Å². The van der Waals surface area contributed by atoms with Crippen molar-refractivity contribution in [2.75, 3.05) is 0 Å². The molecule has 0 N–H and O–H groups in total. The molecule has 0 saturated heterocycles. The third-order valence-corrected chi connectivity index (χ3v) is 5.95. The first-order valence-electron chi connectivity index (χ1n) is 6.45. The van der Waals surface area contributed by atoms with E-state index in [1.165, 1.54) is 0 Å². The Bertz CT molecular complexity index is 719. The van der Waals surface area contributed by atoms with Crippen molar-refractivity contribution in [3.8, 4) is 0 Å². The van der Waals surface area contributed by atoms with Gasteiger partial charge in [-0.05, 0) is 36.8 Å². The Morgan fingerprint density at radius 2 is 1.62 bits per heavy atom. The Morgan fingerprint density at radius 1 is 1.05 bits per heavy atom. The van der Waals surface area contributed by atoms with Crippen LogP contribution in [0, 0.1) is 6.92 Å². The molecule has 5 heteroatoms. The van der Waals surface area contributed by atoms with Crippen LogP contribution in [0.4, 0.5) is 0 Å². The van der Waals surface area contributed by atoms with Gasteiger partial charge in [-0.2, -0.15) is 0 Å².